The summed E-state index contributed by atoms with van der Waals surface area (Å²) < 4.78 is 19.8. The largest absolute Gasteiger partial charge is 0.382 e. The second-order valence-electron chi connectivity index (χ2n) is 3.44. The van der Waals surface area contributed by atoms with Crippen LogP contribution in [0.5, 0.6) is 0 Å². The van der Waals surface area contributed by atoms with Crippen molar-refractivity contribution in [1.82, 2.24) is 0 Å². The van der Waals surface area contributed by atoms with Crippen molar-refractivity contribution in [2.24, 2.45) is 0 Å². The molecule has 2 atom stereocenters. The third-order valence-corrected chi connectivity index (χ3v) is 2.28. The molecule has 0 aromatic rings. The molecule has 0 rings (SSSR count). The van der Waals surface area contributed by atoms with Gasteiger partial charge in [-0.25, -0.2) is 0 Å². The van der Waals surface area contributed by atoms with Gasteiger partial charge in [-0.15, -0.1) is 0 Å². The molecule has 0 amide bonds. The molecule has 0 bridgehead atoms. The Bertz CT molecular complexity index is 97.6. The molecule has 16 heavy (non-hydrogen) atoms. The molecular formula is C12H28O4. The van der Waals surface area contributed by atoms with Gasteiger partial charge in [0.05, 0.1) is 25.4 Å². The Hall–Kier alpha value is -0.160. The summed E-state index contributed by atoms with van der Waals surface area (Å²) in [4.78, 5) is 0. The highest BCUT2D eigenvalue weighted by Crippen LogP contribution is 1.94. The van der Waals surface area contributed by atoms with Crippen molar-refractivity contribution in [3.63, 3.8) is 0 Å². The van der Waals surface area contributed by atoms with Gasteiger partial charge < -0.3 is 18.9 Å². The van der Waals surface area contributed by atoms with Crippen molar-refractivity contribution in [3.05, 3.63) is 0 Å². The lowest BCUT2D eigenvalue weighted by molar-refractivity contribution is 0.0265. The Morgan fingerprint density at radius 2 is 1.00 bits per heavy atom. The Morgan fingerprint density at radius 3 is 1.06 bits per heavy atom. The highest BCUT2D eigenvalue weighted by atomic mass is 16.5. The fraction of sp³-hybridized carbons (Fsp3) is 1.00. The highest BCUT2D eigenvalue weighted by molar-refractivity contribution is 4.50. The van der Waals surface area contributed by atoms with Crippen LogP contribution in [0.15, 0.2) is 0 Å². The fourth-order valence-corrected chi connectivity index (χ4v) is 1.08. The Morgan fingerprint density at radius 1 is 0.688 bits per heavy atom. The molecular weight excluding hydrogens is 208 g/mol. The van der Waals surface area contributed by atoms with E-state index in [4.69, 9.17) is 18.9 Å². The maximum atomic E-state index is 5.01. The lowest BCUT2D eigenvalue weighted by atomic mass is 10.3. The van der Waals surface area contributed by atoms with Gasteiger partial charge in [-0.3, -0.25) is 0 Å². The number of hydrogen-bond acceptors (Lipinski definition) is 4. The van der Waals surface area contributed by atoms with E-state index in [1.807, 2.05) is 0 Å². The molecule has 0 aliphatic rings. The summed E-state index contributed by atoms with van der Waals surface area (Å²) in [5, 5.41) is 0. The van der Waals surface area contributed by atoms with Gasteiger partial charge >= 0.3 is 0 Å². The molecule has 0 aromatic heterocycles. The molecule has 0 saturated heterocycles. The summed E-state index contributed by atoms with van der Waals surface area (Å²) in [5.74, 6) is 0. The first-order chi connectivity index (χ1) is 7.69. The molecule has 0 aromatic carbocycles. The van der Waals surface area contributed by atoms with Crippen LogP contribution >= 0.6 is 0 Å². The zero-order valence-electron chi connectivity index (χ0n) is 11.6. The van der Waals surface area contributed by atoms with Crippen LogP contribution in [0.3, 0.4) is 0 Å². The molecule has 0 N–H and O–H groups in total. The van der Waals surface area contributed by atoms with E-state index in [-0.39, 0.29) is 12.2 Å². The van der Waals surface area contributed by atoms with Gasteiger partial charge in [0, 0.05) is 28.4 Å². The minimum atomic E-state index is 0.278. The highest BCUT2D eigenvalue weighted by Gasteiger charge is 2.00. The Balaban J connectivity index is 0. The first-order valence-corrected chi connectivity index (χ1v) is 5.73. The van der Waals surface area contributed by atoms with Crippen LogP contribution in [0.1, 0.15) is 26.7 Å². The van der Waals surface area contributed by atoms with E-state index in [0.717, 1.165) is 12.8 Å². The molecule has 0 radical (unpaired) electrons. The summed E-state index contributed by atoms with van der Waals surface area (Å²) in [6, 6.07) is 0. The summed E-state index contributed by atoms with van der Waals surface area (Å²) >= 11 is 0. The zero-order valence-corrected chi connectivity index (χ0v) is 11.6. The molecule has 100 valence electrons. The van der Waals surface area contributed by atoms with Crippen molar-refractivity contribution in [3.8, 4) is 0 Å². The van der Waals surface area contributed by atoms with E-state index in [1.54, 1.807) is 28.4 Å². The van der Waals surface area contributed by atoms with E-state index < -0.39 is 0 Å². The van der Waals surface area contributed by atoms with Gasteiger partial charge in [0.1, 0.15) is 0 Å². The molecule has 0 fully saturated rings. The van der Waals surface area contributed by atoms with Gasteiger partial charge in [0.15, 0.2) is 0 Å². The normalized spacial score (nSPS) is 13.9. The summed E-state index contributed by atoms with van der Waals surface area (Å²) in [5.41, 5.74) is 0. The van der Waals surface area contributed by atoms with Crippen LogP contribution in [0.25, 0.3) is 0 Å². The molecule has 0 aliphatic heterocycles. The van der Waals surface area contributed by atoms with E-state index in [1.165, 1.54) is 0 Å². The van der Waals surface area contributed by atoms with Crippen LogP contribution in [-0.2, 0) is 18.9 Å². The molecule has 0 spiro atoms. The SMILES string of the molecule is CC[C@@H](COC)OC.CC[C@H](COC)OC. The first-order valence-electron chi connectivity index (χ1n) is 5.73. The molecule has 4 heteroatoms. The van der Waals surface area contributed by atoms with Crippen molar-refractivity contribution < 1.29 is 18.9 Å². The molecule has 0 heterocycles. The van der Waals surface area contributed by atoms with Gasteiger partial charge in [-0.1, -0.05) is 13.8 Å². The second kappa shape index (κ2) is 14.8. The molecule has 0 saturated carbocycles. The lowest BCUT2D eigenvalue weighted by Gasteiger charge is -2.09. The lowest BCUT2D eigenvalue weighted by Crippen LogP contribution is -2.15. The van der Waals surface area contributed by atoms with Crippen LogP contribution in [-0.4, -0.2) is 53.9 Å². The molecule has 4 nitrogen and oxygen atoms in total. The summed E-state index contributed by atoms with van der Waals surface area (Å²) in [7, 11) is 6.77. The molecule has 0 aliphatic carbocycles. The quantitative estimate of drug-likeness (QED) is 0.647. The maximum absolute atomic E-state index is 5.01. The Kier molecular flexibility index (Phi) is 16.9. The standard InChI is InChI=1S/2C6H14O2/c2*1-4-6(8-3)5-7-2/h2*6H,4-5H2,1-3H3/t2*6-/m10/s1. The summed E-state index contributed by atoms with van der Waals surface area (Å²) in [6.45, 7) is 5.56. The van der Waals surface area contributed by atoms with Gasteiger partial charge in [0.25, 0.3) is 0 Å². The maximum Gasteiger partial charge on any atom is 0.0801 e. The smallest absolute Gasteiger partial charge is 0.0801 e. The van der Waals surface area contributed by atoms with Crippen LogP contribution < -0.4 is 0 Å². The van der Waals surface area contributed by atoms with Gasteiger partial charge in [-0.2, -0.15) is 0 Å². The average molecular weight is 236 g/mol. The zero-order chi connectivity index (χ0) is 12.8. The van der Waals surface area contributed by atoms with Crippen molar-refractivity contribution in [2.45, 2.75) is 38.9 Å². The number of rotatable bonds is 8. The van der Waals surface area contributed by atoms with E-state index in [0.29, 0.717) is 13.2 Å². The third kappa shape index (κ3) is 11.9. The van der Waals surface area contributed by atoms with Crippen molar-refractivity contribution in [1.29, 1.82) is 0 Å². The minimum absolute atomic E-state index is 0.278. The number of methoxy groups -OCH3 is 4. The molecule has 0 unspecified atom stereocenters. The van der Waals surface area contributed by atoms with Gasteiger partial charge in [0.2, 0.25) is 0 Å². The second-order valence-corrected chi connectivity index (χ2v) is 3.44. The topological polar surface area (TPSA) is 36.9 Å². The van der Waals surface area contributed by atoms with Gasteiger partial charge in [-0.05, 0) is 12.8 Å². The van der Waals surface area contributed by atoms with E-state index in [2.05, 4.69) is 13.8 Å². The minimum Gasteiger partial charge on any atom is -0.382 e. The van der Waals surface area contributed by atoms with Crippen LogP contribution in [0, 0.1) is 0 Å². The first kappa shape index (κ1) is 18.2. The van der Waals surface area contributed by atoms with Crippen molar-refractivity contribution >= 4 is 0 Å². The number of hydrogen-bond donors (Lipinski definition) is 0. The average Bonchev–Trinajstić information content (AvgIpc) is 2.33. The van der Waals surface area contributed by atoms with Crippen LogP contribution in [0.4, 0.5) is 0 Å². The van der Waals surface area contributed by atoms with E-state index >= 15 is 0 Å². The summed E-state index contributed by atoms with van der Waals surface area (Å²) in [6.07, 6.45) is 2.59. The van der Waals surface area contributed by atoms with Crippen LogP contribution in [0.2, 0.25) is 0 Å². The monoisotopic (exact) mass is 236 g/mol. The van der Waals surface area contributed by atoms with E-state index in [9.17, 15) is 0 Å². The van der Waals surface area contributed by atoms with Crippen molar-refractivity contribution in [2.75, 3.05) is 41.7 Å². The predicted molar refractivity (Wildman–Crippen MR) is 65.9 cm³/mol. The Labute approximate surface area is 100 Å². The third-order valence-electron chi connectivity index (χ3n) is 2.28. The number of ether oxygens (including phenoxy) is 4. The predicted octanol–water partition coefficient (Wildman–Crippen LogP) is 2.12. The fourth-order valence-electron chi connectivity index (χ4n) is 1.08.